The number of carbonyl (C=O) groups is 1. The third-order valence-electron chi connectivity index (χ3n) is 3.32. The van der Waals surface area contributed by atoms with Gasteiger partial charge in [-0.05, 0) is 48.9 Å². The monoisotopic (exact) mass is 464 g/mol. The molecule has 0 spiro atoms. The van der Waals surface area contributed by atoms with Crippen molar-refractivity contribution >= 4 is 55.1 Å². The maximum absolute atomic E-state index is 12.3. The van der Waals surface area contributed by atoms with Gasteiger partial charge in [0, 0.05) is 21.1 Å². The fourth-order valence-corrected chi connectivity index (χ4v) is 3.91. The number of hydrogen-bond acceptors (Lipinski definition) is 3. The molecular weight excluding hydrogens is 451 g/mol. The molecule has 2 aromatic rings. The van der Waals surface area contributed by atoms with Gasteiger partial charge in [0.15, 0.2) is 0 Å². The molecule has 1 atom stereocenters. The summed E-state index contributed by atoms with van der Waals surface area (Å²) in [5, 5.41) is 3.56. The molecule has 0 radical (unpaired) electrons. The summed E-state index contributed by atoms with van der Waals surface area (Å²) in [6, 6.07) is 10.1. The molecule has 0 aromatic heterocycles. The van der Waals surface area contributed by atoms with Crippen molar-refractivity contribution in [2.24, 2.45) is 0 Å². The topological polar surface area (TPSA) is 75.3 Å². The average Bonchev–Trinajstić information content (AvgIpc) is 2.53. The minimum Gasteiger partial charge on any atom is -0.351 e. The van der Waals surface area contributed by atoms with Gasteiger partial charge in [-0.15, -0.1) is 0 Å². The molecule has 2 rings (SSSR count). The Hall–Kier alpha value is -1.12. The van der Waals surface area contributed by atoms with Crippen LogP contribution in [0.2, 0.25) is 10.0 Å². The highest BCUT2D eigenvalue weighted by molar-refractivity contribution is 9.10. The first-order valence-electron chi connectivity index (χ1n) is 7.18. The third kappa shape index (κ3) is 5.69. The first-order chi connectivity index (χ1) is 11.7. The van der Waals surface area contributed by atoms with Gasteiger partial charge in [0.2, 0.25) is 15.9 Å². The van der Waals surface area contributed by atoms with Gasteiger partial charge >= 0.3 is 0 Å². The molecule has 2 N–H and O–H groups in total. The molecule has 0 saturated carbocycles. The zero-order valence-corrected chi connectivity index (χ0v) is 17.0. The lowest BCUT2D eigenvalue weighted by Gasteiger charge is -2.15. The summed E-state index contributed by atoms with van der Waals surface area (Å²) in [5.74, 6) is -0.466. The molecule has 9 heteroatoms. The van der Waals surface area contributed by atoms with Gasteiger partial charge in [0.05, 0.1) is 10.9 Å². The van der Waals surface area contributed by atoms with E-state index in [1.165, 1.54) is 19.1 Å². The van der Waals surface area contributed by atoms with E-state index < -0.39 is 22.0 Å². The highest BCUT2D eigenvalue weighted by atomic mass is 79.9. The molecule has 1 amide bonds. The first-order valence-corrected chi connectivity index (χ1v) is 10.2. The summed E-state index contributed by atoms with van der Waals surface area (Å²) in [4.78, 5) is 12.2. The number of rotatable bonds is 6. The van der Waals surface area contributed by atoms with Crippen LogP contribution >= 0.6 is 39.1 Å². The number of sulfonamides is 1. The molecule has 2 aromatic carbocycles. The van der Waals surface area contributed by atoms with E-state index in [1.54, 1.807) is 30.3 Å². The van der Waals surface area contributed by atoms with E-state index in [9.17, 15) is 13.2 Å². The van der Waals surface area contributed by atoms with Crippen LogP contribution in [-0.2, 0) is 21.4 Å². The standard InChI is InChI=1S/C16H15BrCl2N2O3S/c1-10(21-25(23,24)14-6-3-12(17)4-7-14)16(22)20-9-11-2-5-13(18)8-15(11)19/h2-8,10,21H,9H2,1H3,(H,20,22)/t10-/m1/s1. The number of carbonyl (C=O) groups excluding carboxylic acids is 1. The number of amides is 1. The van der Waals surface area contributed by atoms with Crippen molar-refractivity contribution in [3.05, 3.63) is 62.5 Å². The van der Waals surface area contributed by atoms with Gasteiger partial charge < -0.3 is 5.32 Å². The van der Waals surface area contributed by atoms with Crippen molar-refractivity contribution in [1.29, 1.82) is 0 Å². The Labute approximate surface area is 164 Å². The smallest absolute Gasteiger partial charge is 0.241 e. The Morgan fingerprint density at radius 3 is 2.40 bits per heavy atom. The van der Waals surface area contributed by atoms with Crippen molar-refractivity contribution in [3.8, 4) is 0 Å². The van der Waals surface area contributed by atoms with Crippen molar-refractivity contribution in [2.75, 3.05) is 0 Å². The average molecular weight is 466 g/mol. The van der Waals surface area contributed by atoms with Gasteiger partial charge in [0.1, 0.15) is 0 Å². The van der Waals surface area contributed by atoms with Crippen molar-refractivity contribution in [3.63, 3.8) is 0 Å². The molecule has 0 aliphatic heterocycles. The molecule has 0 saturated heterocycles. The summed E-state index contributed by atoms with van der Waals surface area (Å²) in [6.45, 7) is 1.63. The largest absolute Gasteiger partial charge is 0.351 e. The van der Waals surface area contributed by atoms with Crippen LogP contribution < -0.4 is 10.0 Å². The van der Waals surface area contributed by atoms with E-state index in [0.29, 0.717) is 15.6 Å². The zero-order chi connectivity index (χ0) is 18.6. The second-order valence-corrected chi connectivity index (χ2v) is 8.72. The van der Waals surface area contributed by atoms with E-state index in [1.807, 2.05) is 0 Å². The van der Waals surface area contributed by atoms with Crippen molar-refractivity contribution in [1.82, 2.24) is 10.0 Å². The van der Waals surface area contributed by atoms with Gasteiger partial charge in [-0.1, -0.05) is 45.2 Å². The second kappa shape index (κ2) is 8.51. The van der Waals surface area contributed by atoms with E-state index in [4.69, 9.17) is 23.2 Å². The number of nitrogens with one attached hydrogen (secondary N) is 2. The fourth-order valence-electron chi connectivity index (χ4n) is 1.97. The van der Waals surface area contributed by atoms with Crippen LogP contribution in [0, 0.1) is 0 Å². The van der Waals surface area contributed by atoms with Gasteiger partial charge in [-0.2, -0.15) is 4.72 Å². The summed E-state index contributed by atoms with van der Waals surface area (Å²) < 4.78 is 27.7. The normalized spacial score (nSPS) is 12.6. The molecule has 5 nitrogen and oxygen atoms in total. The maximum Gasteiger partial charge on any atom is 0.241 e. The molecule has 134 valence electrons. The lowest BCUT2D eigenvalue weighted by Crippen LogP contribution is -2.44. The Morgan fingerprint density at radius 2 is 1.80 bits per heavy atom. The van der Waals surface area contributed by atoms with E-state index in [0.717, 1.165) is 4.47 Å². The maximum atomic E-state index is 12.3. The van der Waals surface area contributed by atoms with Gasteiger partial charge in [0.25, 0.3) is 0 Å². The fraction of sp³-hybridized carbons (Fsp3) is 0.188. The molecule has 0 bridgehead atoms. The van der Waals surface area contributed by atoms with Crippen LogP contribution in [0.4, 0.5) is 0 Å². The third-order valence-corrected chi connectivity index (χ3v) is 5.99. The Bertz CT molecular complexity index is 873. The Kier molecular flexibility index (Phi) is 6.87. The predicted molar refractivity (Wildman–Crippen MR) is 102 cm³/mol. The predicted octanol–water partition coefficient (Wildman–Crippen LogP) is 3.74. The summed E-state index contributed by atoms with van der Waals surface area (Å²) >= 11 is 15.1. The van der Waals surface area contributed by atoms with Gasteiger partial charge in [-0.3, -0.25) is 4.79 Å². The lowest BCUT2D eigenvalue weighted by molar-refractivity contribution is -0.122. The van der Waals surface area contributed by atoms with Crippen molar-refractivity contribution < 1.29 is 13.2 Å². The Balaban J connectivity index is 1.98. The minimum atomic E-state index is -3.79. The van der Waals surface area contributed by atoms with Gasteiger partial charge in [-0.25, -0.2) is 8.42 Å². The summed E-state index contributed by atoms with van der Waals surface area (Å²) in [7, 11) is -3.79. The van der Waals surface area contributed by atoms with E-state index >= 15 is 0 Å². The summed E-state index contributed by atoms with van der Waals surface area (Å²) in [5.41, 5.74) is 0.683. The van der Waals surface area contributed by atoms with Crippen molar-refractivity contribution in [2.45, 2.75) is 24.4 Å². The highest BCUT2D eigenvalue weighted by Gasteiger charge is 2.22. The molecule has 0 fully saturated rings. The molecular formula is C16H15BrCl2N2O3S. The second-order valence-electron chi connectivity index (χ2n) is 5.25. The Morgan fingerprint density at radius 1 is 1.16 bits per heavy atom. The number of halogens is 3. The highest BCUT2D eigenvalue weighted by Crippen LogP contribution is 2.20. The minimum absolute atomic E-state index is 0.0797. The molecule has 0 aliphatic rings. The summed E-state index contributed by atoms with van der Waals surface area (Å²) in [6.07, 6.45) is 0. The van der Waals surface area contributed by atoms with E-state index in [2.05, 4.69) is 26.0 Å². The van der Waals surface area contributed by atoms with Crippen LogP contribution in [-0.4, -0.2) is 20.4 Å². The van der Waals surface area contributed by atoms with Crippen LogP contribution in [0.5, 0.6) is 0 Å². The molecule has 25 heavy (non-hydrogen) atoms. The quantitative estimate of drug-likeness (QED) is 0.682. The van der Waals surface area contributed by atoms with E-state index in [-0.39, 0.29) is 11.4 Å². The van der Waals surface area contributed by atoms with Crippen LogP contribution in [0.25, 0.3) is 0 Å². The van der Waals surface area contributed by atoms with Crippen LogP contribution in [0.1, 0.15) is 12.5 Å². The zero-order valence-electron chi connectivity index (χ0n) is 13.1. The number of hydrogen-bond donors (Lipinski definition) is 2. The molecule has 0 unspecified atom stereocenters. The SMILES string of the molecule is C[C@@H](NS(=O)(=O)c1ccc(Br)cc1)C(=O)NCc1ccc(Cl)cc1Cl. The first kappa shape index (κ1) is 20.2. The van der Waals surface area contributed by atoms with Crippen LogP contribution in [0.15, 0.2) is 51.8 Å². The molecule has 0 aliphatic carbocycles. The number of benzene rings is 2. The lowest BCUT2D eigenvalue weighted by atomic mass is 10.2. The van der Waals surface area contributed by atoms with Crippen LogP contribution in [0.3, 0.4) is 0 Å². The molecule has 0 heterocycles.